The molecular formula is C13H24OSi. The molecule has 0 radical (unpaired) electrons. The number of fused-ring (bicyclic) bond motifs is 2. The van der Waals surface area contributed by atoms with Gasteiger partial charge in [-0.3, -0.25) is 0 Å². The van der Waals surface area contributed by atoms with Gasteiger partial charge in [0.1, 0.15) is 0 Å². The van der Waals surface area contributed by atoms with Gasteiger partial charge in [0.2, 0.25) is 0 Å². The molecule has 2 aliphatic rings. The van der Waals surface area contributed by atoms with Gasteiger partial charge in [-0.05, 0) is 49.2 Å². The van der Waals surface area contributed by atoms with E-state index in [0.29, 0.717) is 0 Å². The zero-order valence-electron chi connectivity index (χ0n) is 10.3. The molecule has 2 aliphatic carbocycles. The van der Waals surface area contributed by atoms with Crippen LogP contribution in [0.3, 0.4) is 0 Å². The number of hydrogen-bond donors (Lipinski definition) is 0. The summed E-state index contributed by atoms with van der Waals surface area (Å²) < 4.78 is 6.27. The molecule has 1 nitrogen and oxygen atoms in total. The van der Waals surface area contributed by atoms with Gasteiger partial charge in [-0.1, -0.05) is 26.0 Å². The summed E-state index contributed by atoms with van der Waals surface area (Å²) in [5, 5.41) is 0. The lowest BCUT2D eigenvalue weighted by molar-refractivity contribution is 0.303. The fourth-order valence-corrected chi connectivity index (χ4v) is 8.26. The van der Waals surface area contributed by atoms with Gasteiger partial charge in [0.25, 0.3) is 0 Å². The molecule has 3 atom stereocenters. The Kier molecular flexibility index (Phi) is 3.36. The molecule has 0 heterocycles. The first kappa shape index (κ1) is 11.4. The van der Waals surface area contributed by atoms with Crippen molar-refractivity contribution in [2.45, 2.75) is 51.2 Å². The molecule has 0 aliphatic heterocycles. The van der Waals surface area contributed by atoms with Crippen LogP contribution in [0, 0.1) is 11.8 Å². The molecule has 86 valence electrons. The van der Waals surface area contributed by atoms with Gasteiger partial charge in [-0.2, -0.15) is 0 Å². The quantitative estimate of drug-likeness (QED) is 0.507. The predicted octanol–water partition coefficient (Wildman–Crippen LogP) is 3.97. The highest BCUT2D eigenvalue weighted by Gasteiger charge is 2.49. The fourth-order valence-electron chi connectivity index (χ4n) is 3.76. The summed E-state index contributed by atoms with van der Waals surface area (Å²) >= 11 is 0. The van der Waals surface area contributed by atoms with Gasteiger partial charge in [0, 0.05) is 6.61 Å². The standard InChI is InChI=1S/C13H24OSi/c1-4-14-15(5-2,6-3)13-10-11-7-8-12(13)9-11/h7-8,11-13H,4-6,9-10H2,1-3H3. The number of rotatable bonds is 5. The first-order valence-corrected chi connectivity index (χ1v) is 8.98. The Morgan fingerprint density at radius 2 is 1.87 bits per heavy atom. The fraction of sp³-hybridized carbons (Fsp3) is 0.846. The van der Waals surface area contributed by atoms with Gasteiger partial charge in [0.05, 0.1) is 0 Å². The molecule has 0 aromatic carbocycles. The molecule has 1 fully saturated rings. The average Bonchev–Trinajstić information content (AvgIpc) is 2.88. The summed E-state index contributed by atoms with van der Waals surface area (Å²) in [6.45, 7) is 7.78. The van der Waals surface area contributed by atoms with E-state index in [-0.39, 0.29) is 0 Å². The zero-order valence-corrected chi connectivity index (χ0v) is 11.3. The van der Waals surface area contributed by atoms with E-state index in [9.17, 15) is 0 Å². The lowest BCUT2D eigenvalue weighted by Gasteiger charge is -2.38. The Labute approximate surface area is 95.0 Å². The molecule has 0 spiro atoms. The van der Waals surface area contributed by atoms with E-state index in [1.807, 2.05) is 0 Å². The first-order chi connectivity index (χ1) is 7.25. The monoisotopic (exact) mass is 224 g/mol. The van der Waals surface area contributed by atoms with Gasteiger partial charge in [-0.15, -0.1) is 0 Å². The maximum atomic E-state index is 6.27. The second-order valence-corrected chi connectivity index (χ2v) is 9.67. The topological polar surface area (TPSA) is 9.23 Å². The van der Waals surface area contributed by atoms with Crippen LogP contribution in [0.5, 0.6) is 0 Å². The largest absolute Gasteiger partial charge is 0.417 e. The van der Waals surface area contributed by atoms with Crippen molar-refractivity contribution in [3.63, 3.8) is 0 Å². The van der Waals surface area contributed by atoms with Crippen LogP contribution in [0.25, 0.3) is 0 Å². The number of hydrogen-bond acceptors (Lipinski definition) is 1. The molecule has 0 aromatic heterocycles. The molecule has 1 saturated carbocycles. The highest BCUT2D eigenvalue weighted by atomic mass is 28.4. The molecular weight excluding hydrogens is 200 g/mol. The summed E-state index contributed by atoms with van der Waals surface area (Å²) in [5.41, 5.74) is 0.919. The first-order valence-electron chi connectivity index (χ1n) is 6.58. The van der Waals surface area contributed by atoms with Gasteiger partial charge >= 0.3 is 0 Å². The van der Waals surface area contributed by atoms with Crippen LogP contribution >= 0.6 is 0 Å². The maximum Gasteiger partial charge on any atom is 0.195 e. The van der Waals surface area contributed by atoms with Crippen molar-refractivity contribution in [1.82, 2.24) is 0 Å². The van der Waals surface area contributed by atoms with Crippen molar-refractivity contribution < 1.29 is 4.43 Å². The lowest BCUT2D eigenvalue weighted by atomic mass is 10.1. The second-order valence-electron chi connectivity index (χ2n) is 5.09. The van der Waals surface area contributed by atoms with Crippen LogP contribution in [0.2, 0.25) is 17.6 Å². The van der Waals surface area contributed by atoms with Crippen LogP contribution in [0.15, 0.2) is 12.2 Å². The highest BCUT2D eigenvalue weighted by Crippen LogP contribution is 2.53. The Morgan fingerprint density at radius 1 is 1.13 bits per heavy atom. The van der Waals surface area contributed by atoms with Crippen molar-refractivity contribution in [2.75, 3.05) is 6.61 Å². The molecule has 2 heteroatoms. The second kappa shape index (κ2) is 4.42. The molecule has 0 N–H and O–H groups in total. The maximum absolute atomic E-state index is 6.27. The van der Waals surface area contributed by atoms with Crippen molar-refractivity contribution in [2.24, 2.45) is 11.8 Å². The van der Waals surface area contributed by atoms with Gasteiger partial charge in [0.15, 0.2) is 8.32 Å². The smallest absolute Gasteiger partial charge is 0.195 e. The summed E-state index contributed by atoms with van der Waals surface area (Å²) in [7, 11) is -1.42. The van der Waals surface area contributed by atoms with Gasteiger partial charge < -0.3 is 4.43 Å². The third-order valence-corrected chi connectivity index (χ3v) is 9.86. The van der Waals surface area contributed by atoms with Crippen LogP contribution < -0.4 is 0 Å². The van der Waals surface area contributed by atoms with Crippen LogP contribution in [0.1, 0.15) is 33.6 Å². The summed E-state index contributed by atoms with van der Waals surface area (Å²) in [6.07, 6.45) is 7.77. The van der Waals surface area contributed by atoms with Crippen molar-refractivity contribution in [3.05, 3.63) is 12.2 Å². The van der Waals surface area contributed by atoms with Crippen LogP contribution in [-0.4, -0.2) is 14.9 Å². The van der Waals surface area contributed by atoms with Crippen molar-refractivity contribution in [3.8, 4) is 0 Å². The Balaban J connectivity index is 2.14. The SMILES string of the molecule is CCO[Si](CC)(CC)C1CC2C=CC1C2. The minimum atomic E-state index is -1.42. The minimum Gasteiger partial charge on any atom is -0.417 e. The Hall–Kier alpha value is -0.0831. The number of allylic oxidation sites excluding steroid dienone is 2. The highest BCUT2D eigenvalue weighted by molar-refractivity contribution is 6.75. The Morgan fingerprint density at radius 3 is 2.27 bits per heavy atom. The average molecular weight is 224 g/mol. The Bertz CT molecular complexity index is 245. The van der Waals surface area contributed by atoms with Crippen LogP contribution in [0.4, 0.5) is 0 Å². The predicted molar refractivity (Wildman–Crippen MR) is 67.4 cm³/mol. The van der Waals surface area contributed by atoms with E-state index < -0.39 is 8.32 Å². The van der Waals surface area contributed by atoms with E-state index in [1.165, 1.54) is 24.9 Å². The van der Waals surface area contributed by atoms with E-state index in [0.717, 1.165) is 24.0 Å². The van der Waals surface area contributed by atoms with Crippen molar-refractivity contribution in [1.29, 1.82) is 0 Å². The third-order valence-electron chi connectivity index (χ3n) is 4.58. The summed E-state index contributed by atoms with van der Waals surface area (Å²) in [6, 6.07) is 2.61. The van der Waals surface area contributed by atoms with Crippen LogP contribution in [-0.2, 0) is 4.43 Å². The summed E-state index contributed by atoms with van der Waals surface area (Å²) in [4.78, 5) is 0. The van der Waals surface area contributed by atoms with E-state index in [1.54, 1.807) is 0 Å². The molecule has 0 aromatic rings. The molecule has 15 heavy (non-hydrogen) atoms. The minimum absolute atomic E-state index is 0.869. The molecule has 2 rings (SSSR count). The normalized spacial score (nSPS) is 33.9. The van der Waals surface area contributed by atoms with E-state index >= 15 is 0 Å². The molecule has 2 bridgehead atoms. The van der Waals surface area contributed by atoms with Gasteiger partial charge in [-0.25, -0.2) is 0 Å². The molecule has 0 saturated heterocycles. The van der Waals surface area contributed by atoms with E-state index in [4.69, 9.17) is 4.43 Å². The third kappa shape index (κ3) is 1.82. The molecule has 3 unspecified atom stereocenters. The molecule has 0 amide bonds. The zero-order chi connectivity index (χ0) is 10.9. The lowest BCUT2D eigenvalue weighted by Crippen LogP contribution is -2.43. The summed E-state index contributed by atoms with van der Waals surface area (Å²) in [5.74, 6) is 1.76. The van der Waals surface area contributed by atoms with E-state index in [2.05, 4.69) is 32.9 Å². The van der Waals surface area contributed by atoms with Crippen molar-refractivity contribution >= 4 is 8.32 Å².